The smallest absolute Gasteiger partial charge is 0.327 e. The topological polar surface area (TPSA) is 71.2 Å². The van der Waals surface area contributed by atoms with Gasteiger partial charge in [-0.1, -0.05) is 69.7 Å². The Morgan fingerprint density at radius 1 is 1.03 bits per heavy atom. The summed E-state index contributed by atoms with van der Waals surface area (Å²) in [6.07, 6.45) is 3.07. The third-order valence-corrected chi connectivity index (χ3v) is 8.19. The largest absolute Gasteiger partial charge is 0.368 e. The molecule has 3 amide bonds. The number of para-hydroxylation sites is 1. The van der Waals surface area contributed by atoms with Crippen molar-refractivity contribution in [3.8, 4) is 0 Å². The van der Waals surface area contributed by atoms with E-state index in [2.05, 4.69) is 65.7 Å². The van der Waals surface area contributed by atoms with Gasteiger partial charge in [-0.2, -0.15) is 0 Å². The molecule has 3 aliphatic heterocycles. The van der Waals surface area contributed by atoms with Crippen LogP contribution in [-0.2, 0) is 11.3 Å². The van der Waals surface area contributed by atoms with Crippen molar-refractivity contribution in [2.45, 2.75) is 65.0 Å². The Kier molecular flexibility index (Phi) is 8.02. The number of nitrogens with one attached hydrogen (secondary N) is 2. The lowest BCUT2D eigenvalue weighted by Gasteiger charge is -2.41. The lowest BCUT2D eigenvalue weighted by molar-refractivity contribution is -0.137. The minimum atomic E-state index is -0.434. The van der Waals surface area contributed by atoms with Crippen LogP contribution in [0, 0.1) is 11.8 Å². The number of rotatable bonds is 8. The molecule has 8 heteroatoms. The zero-order chi connectivity index (χ0) is 26.8. The SMILES string of the molecule is CCN1CCCCC1c1ccc(CN2NC3C(C(=O)N(C)C(=O)N3CC(C)C)C2Nc2ccccc2)cc1. The molecule has 0 radical (unpaired) electrons. The van der Waals surface area contributed by atoms with E-state index in [1.165, 1.54) is 41.8 Å². The van der Waals surface area contributed by atoms with Crippen LogP contribution < -0.4 is 10.7 Å². The number of anilines is 1. The van der Waals surface area contributed by atoms with E-state index in [1.54, 1.807) is 7.05 Å². The number of fused-ring (bicyclic) bond motifs is 1. The quantitative estimate of drug-likeness (QED) is 0.537. The number of hydrogen-bond acceptors (Lipinski definition) is 6. The fourth-order valence-corrected chi connectivity index (χ4v) is 6.25. The van der Waals surface area contributed by atoms with Crippen molar-refractivity contribution in [2.75, 3.05) is 32.0 Å². The van der Waals surface area contributed by atoms with Gasteiger partial charge in [0.1, 0.15) is 18.2 Å². The van der Waals surface area contributed by atoms with Gasteiger partial charge in [-0.3, -0.25) is 14.6 Å². The molecular weight excluding hydrogens is 476 g/mol. The van der Waals surface area contributed by atoms with Crippen molar-refractivity contribution in [2.24, 2.45) is 11.8 Å². The zero-order valence-electron chi connectivity index (χ0n) is 23.1. The number of hydrazine groups is 1. The molecule has 4 unspecified atom stereocenters. The van der Waals surface area contributed by atoms with Gasteiger partial charge < -0.3 is 10.2 Å². The fourth-order valence-electron chi connectivity index (χ4n) is 6.25. The lowest BCUT2D eigenvalue weighted by atomic mass is 9.94. The van der Waals surface area contributed by atoms with Crippen LogP contribution in [-0.4, -0.2) is 70.7 Å². The number of carbonyl (C=O) groups is 2. The number of urea groups is 1. The molecule has 0 saturated carbocycles. The Bertz CT molecular complexity index is 1110. The summed E-state index contributed by atoms with van der Waals surface area (Å²) in [5.41, 5.74) is 7.05. The summed E-state index contributed by atoms with van der Waals surface area (Å²) < 4.78 is 0. The first kappa shape index (κ1) is 26.7. The molecule has 204 valence electrons. The third kappa shape index (κ3) is 5.30. The van der Waals surface area contributed by atoms with E-state index in [9.17, 15) is 9.59 Å². The van der Waals surface area contributed by atoms with Gasteiger partial charge in [-0.25, -0.2) is 15.2 Å². The molecule has 0 aliphatic carbocycles. The minimum absolute atomic E-state index is 0.157. The molecular formula is C30H42N6O2. The maximum absolute atomic E-state index is 13.5. The van der Waals surface area contributed by atoms with E-state index < -0.39 is 12.1 Å². The van der Waals surface area contributed by atoms with Crippen molar-refractivity contribution in [1.82, 2.24) is 25.1 Å². The molecule has 0 bridgehead atoms. The Morgan fingerprint density at radius 2 is 1.76 bits per heavy atom. The normalized spacial score (nSPS) is 26.8. The number of benzene rings is 2. The number of amides is 3. The first-order chi connectivity index (χ1) is 18.4. The molecule has 3 aliphatic rings. The molecule has 3 heterocycles. The van der Waals surface area contributed by atoms with E-state index in [0.717, 1.165) is 12.2 Å². The molecule has 0 spiro atoms. The lowest BCUT2D eigenvalue weighted by Crippen LogP contribution is -2.64. The fraction of sp³-hybridized carbons (Fsp3) is 0.533. The third-order valence-electron chi connectivity index (χ3n) is 8.19. The van der Waals surface area contributed by atoms with Crippen LogP contribution in [0.25, 0.3) is 0 Å². The predicted octanol–water partition coefficient (Wildman–Crippen LogP) is 4.48. The number of nitrogens with zero attached hydrogens (tertiary/aromatic N) is 4. The van der Waals surface area contributed by atoms with Crippen LogP contribution in [0.5, 0.6) is 0 Å². The second-order valence-corrected chi connectivity index (χ2v) is 11.3. The second-order valence-electron chi connectivity index (χ2n) is 11.3. The van der Waals surface area contributed by atoms with E-state index in [-0.39, 0.29) is 24.0 Å². The summed E-state index contributed by atoms with van der Waals surface area (Å²) in [5, 5.41) is 5.70. The highest BCUT2D eigenvalue weighted by Gasteiger charge is 2.55. The molecule has 2 N–H and O–H groups in total. The summed E-state index contributed by atoms with van der Waals surface area (Å²) in [6.45, 7) is 9.88. The van der Waals surface area contributed by atoms with Crippen molar-refractivity contribution in [1.29, 1.82) is 0 Å². The van der Waals surface area contributed by atoms with E-state index >= 15 is 0 Å². The van der Waals surface area contributed by atoms with Crippen molar-refractivity contribution >= 4 is 17.6 Å². The second kappa shape index (κ2) is 11.4. The van der Waals surface area contributed by atoms with Gasteiger partial charge in [-0.05, 0) is 55.1 Å². The van der Waals surface area contributed by atoms with Gasteiger partial charge in [0, 0.05) is 31.9 Å². The number of carbonyl (C=O) groups excluding carboxylic acids is 2. The highest BCUT2D eigenvalue weighted by molar-refractivity contribution is 5.99. The van der Waals surface area contributed by atoms with Gasteiger partial charge in [0.2, 0.25) is 5.91 Å². The zero-order valence-corrected chi connectivity index (χ0v) is 23.1. The summed E-state index contributed by atoms with van der Waals surface area (Å²) in [7, 11) is 1.60. The Labute approximate surface area is 226 Å². The van der Waals surface area contributed by atoms with Crippen LogP contribution in [0.2, 0.25) is 0 Å². The Balaban J connectivity index is 1.41. The molecule has 4 atom stereocenters. The van der Waals surface area contributed by atoms with Crippen LogP contribution in [0.15, 0.2) is 54.6 Å². The number of likely N-dealkylation sites (tertiary alicyclic amines) is 1. The first-order valence-electron chi connectivity index (χ1n) is 14.1. The maximum Gasteiger partial charge on any atom is 0.327 e. The molecule has 8 nitrogen and oxygen atoms in total. The summed E-state index contributed by atoms with van der Waals surface area (Å²) in [6, 6.07) is 19.2. The highest BCUT2D eigenvalue weighted by Crippen LogP contribution is 2.34. The minimum Gasteiger partial charge on any atom is -0.368 e. The average Bonchev–Trinajstić information content (AvgIpc) is 3.28. The van der Waals surface area contributed by atoms with Crippen LogP contribution in [0.3, 0.4) is 0 Å². The molecule has 3 fully saturated rings. The van der Waals surface area contributed by atoms with Crippen molar-refractivity contribution in [3.63, 3.8) is 0 Å². The van der Waals surface area contributed by atoms with E-state index in [1.807, 2.05) is 35.2 Å². The number of imide groups is 1. The average molecular weight is 519 g/mol. The van der Waals surface area contributed by atoms with Gasteiger partial charge >= 0.3 is 6.03 Å². The van der Waals surface area contributed by atoms with Crippen molar-refractivity contribution in [3.05, 3.63) is 65.7 Å². The van der Waals surface area contributed by atoms with Crippen LogP contribution in [0.1, 0.15) is 57.2 Å². The number of piperidine rings is 1. The van der Waals surface area contributed by atoms with E-state index in [0.29, 0.717) is 19.1 Å². The van der Waals surface area contributed by atoms with E-state index in [4.69, 9.17) is 0 Å². The highest BCUT2D eigenvalue weighted by atomic mass is 16.2. The van der Waals surface area contributed by atoms with Gasteiger partial charge in [0.25, 0.3) is 0 Å². The first-order valence-corrected chi connectivity index (χ1v) is 14.1. The number of hydrogen-bond donors (Lipinski definition) is 2. The molecule has 5 rings (SSSR count). The predicted molar refractivity (Wildman–Crippen MR) is 150 cm³/mol. The monoisotopic (exact) mass is 518 g/mol. The standard InChI is InChI=1S/C30H42N6O2/c1-5-34-18-10-9-13-25(34)23-16-14-22(15-17-23)20-36-27(31-24-11-7-6-8-12-24)26-28(32-36)35(19-21(2)3)30(38)33(4)29(26)37/h6-8,11-12,14-17,21,25-28,31-32H,5,9-10,13,18-20H2,1-4H3. The van der Waals surface area contributed by atoms with Crippen LogP contribution >= 0.6 is 0 Å². The summed E-state index contributed by atoms with van der Waals surface area (Å²) in [5.74, 6) is -0.306. The summed E-state index contributed by atoms with van der Waals surface area (Å²) >= 11 is 0. The van der Waals surface area contributed by atoms with Crippen LogP contribution in [0.4, 0.5) is 10.5 Å². The van der Waals surface area contributed by atoms with Gasteiger partial charge in [-0.15, -0.1) is 0 Å². The van der Waals surface area contributed by atoms with Gasteiger partial charge in [0.15, 0.2) is 0 Å². The maximum atomic E-state index is 13.5. The molecule has 38 heavy (non-hydrogen) atoms. The van der Waals surface area contributed by atoms with Crippen molar-refractivity contribution < 1.29 is 9.59 Å². The Morgan fingerprint density at radius 3 is 2.45 bits per heavy atom. The molecule has 0 aromatic heterocycles. The molecule has 2 aromatic carbocycles. The molecule has 2 aromatic rings. The Hall–Kier alpha value is -2.94. The summed E-state index contributed by atoms with van der Waals surface area (Å²) in [4.78, 5) is 32.3. The molecule has 3 saturated heterocycles. The van der Waals surface area contributed by atoms with Gasteiger partial charge in [0.05, 0.1) is 0 Å².